The highest BCUT2D eigenvalue weighted by Crippen LogP contribution is 2.30. The Kier molecular flexibility index (Phi) is 4.83. The Morgan fingerprint density at radius 3 is 3.18 bits per heavy atom. The standard InChI is InChI=1S/C16H22N4O2/c1-21-15-4-2-3-12(7-15)5-13-6-14-11-22-16(8-18-19-17)10-20(14)9-13/h2-4,7,13-14,16H,5-6,8-11H2,1H3/t13-,14+,16-/m0/s1. The molecule has 2 fully saturated rings. The molecule has 0 saturated carbocycles. The molecule has 0 N–H and O–H groups in total. The molecule has 6 heteroatoms. The van der Waals surface area contributed by atoms with E-state index < -0.39 is 0 Å². The molecule has 3 rings (SSSR count). The van der Waals surface area contributed by atoms with Crippen LogP contribution >= 0.6 is 0 Å². The van der Waals surface area contributed by atoms with Crippen molar-refractivity contribution in [3.63, 3.8) is 0 Å². The van der Waals surface area contributed by atoms with Gasteiger partial charge in [-0.3, -0.25) is 4.90 Å². The molecule has 0 unspecified atom stereocenters. The van der Waals surface area contributed by atoms with E-state index in [1.54, 1.807) is 7.11 Å². The minimum Gasteiger partial charge on any atom is -0.497 e. The quantitative estimate of drug-likeness (QED) is 0.477. The normalized spacial score (nSPS) is 28.0. The minimum atomic E-state index is 0.0442. The second-order valence-corrected chi connectivity index (χ2v) is 6.13. The number of ether oxygens (including phenoxy) is 2. The lowest BCUT2D eigenvalue weighted by molar-refractivity contribution is -0.0434. The van der Waals surface area contributed by atoms with Gasteiger partial charge in [0, 0.05) is 24.0 Å². The maximum Gasteiger partial charge on any atom is 0.119 e. The van der Waals surface area contributed by atoms with Gasteiger partial charge >= 0.3 is 0 Å². The second kappa shape index (κ2) is 7.01. The number of nitrogens with zero attached hydrogens (tertiary/aromatic N) is 4. The lowest BCUT2D eigenvalue weighted by Gasteiger charge is -2.34. The van der Waals surface area contributed by atoms with Crippen molar-refractivity contribution >= 4 is 0 Å². The molecule has 1 aromatic rings. The number of methoxy groups -OCH3 is 1. The van der Waals surface area contributed by atoms with E-state index in [2.05, 4.69) is 33.1 Å². The van der Waals surface area contributed by atoms with E-state index in [4.69, 9.17) is 15.0 Å². The molecule has 2 aliphatic rings. The summed E-state index contributed by atoms with van der Waals surface area (Å²) in [5.74, 6) is 1.57. The first kappa shape index (κ1) is 15.2. The van der Waals surface area contributed by atoms with Gasteiger partial charge in [0.05, 0.1) is 26.4 Å². The molecule has 6 nitrogen and oxygen atoms in total. The number of benzene rings is 1. The Balaban J connectivity index is 1.56. The maximum atomic E-state index is 8.41. The summed E-state index contributed by atoms with van der Waals surface area (Å²) in [5.41, 5.74) is 9.74. The highest BCUT2D eigenvalue weighted by molar-refractivity contribution is 5.28. The van der Waals surface area contributed by atoms with Gasteiger partial charge in [-0.25, -0.2) is 0 Å². The molecule has 0 radical (unpaired) electrons. The van der Waals surface area contributed by atoms with Crippen LogP contribution in [0.2, 0.25) is 0 Å². The molecule has 0 spiro atoms. The van der Waals surface area contributed by atoms with E-state index in [1.807, 2.05) is 6.07 Å². The number of hydrogen-bond donors (Lipinski definition) is 0. The first-order chi connectivity index (χ1) is 10.8. The molecule has 0 aromatic heterocycles. The molecule has 0 aliphatic carbocycles. The molecule has 2 heterocycles. The number of rotatable bonds is 5. The number of hydrogen-bond acceptors (Lipinski definition) is 4. The molecule has 0 bridgehead atoms. The lowest BCUT2D eigenvalue weighted by atomic mass is 9.97. The van der Waals surface area contributed by atoms with Gasteiger partial charge in [-0.1, -0.05) is 17.2 Å². The molecular weight excluding hydrogens is 280 g/mol. The van der Waals surface area contributed by atoms with Crippen LogP contribution in [0, 0.1) is 5.92 Å². The third-order valence-corrected chi connectivity index (χ3v) is 4.58. The largest absolute Gasteiger partial charge is 0.497 e. The van der Waals surface area contributed by atoms with Crippen LogP contribution in [-0.2, 0) is 11.2 Å². The van der Waals surface area contributed by atoms with Gasteiger partial charge in [-0.2, -0.15) is 0 Å². The molecule has 118 valence electrons. The number of morpholine rings is 1. The van der Waals surface area contributed by atoms with Gasteiger partial charge in [0.15, 0.2) is 0 Å². The van der Waals surface area contributed by atoms with Gasteiger partial charge in [-0.15, -0.1) is 0 Å². The lowest BCUT2D eigenvalue weighted by Crippen LogP contribution is -2.47. The van der Waals surface area contributed by atoms with Crippen LogP contribution in [0.5, 0.6) is 5.75 Å². The first-order valence-corrected chi connectivity index (χ1v) is 7.78. The Morgan fingerprint density at radius 2 is 2.36 bits per heavy atom. The van der Waals surface area contributed by atoms with Gasteiger partial charge in [0.1, 0.15) is 5.75 Å². The zero-order chi connectivity index (χ0) is 15.4. The fraction of sp³-hybridized carbons (Fsp3) is 0.625. The van der Waals surface area contributed by atoms with E-state index in [-0.39, 0.29) is 6.10 Å². The fourth-order valence-corrected chi connectivity index (χ4v) is 3.57. The van der Waals surface area contributed by atoms with Crippen LogP contribution in [0.3, 0.4) is 0 Å². The Morgan fingerprint density at radius 1 is 1.45 bits per heavy atom. The highest BCUT2D eigenvalue weighted by atomic mass is 16.5. The summed E-state index contributed by atoms with van der Waals surface area (Å²) < 4.78 is 11.1. The fourth-order valence-electron chi connectivity index (χ4n) is 3.57. The summed E-state index contributed by atoms with van der Waals surface area (Å²) in [6, 6.07) is 8.84. The van der Waals surface area contributed by atoms with Gasteiger partial charge in [-0.05, 0) is 42.0 Å². The summed E-state index contributed by atoms with van der Waals surface area (Å²) in [7, 11) is 1.70. The molecule has 0 amide bonds. The second-order valence-electron chi connectivity index (χ2n) is 6.13. The van der Waals surface area contributed by atoms with Crippen LogP contribution in [0.4, 0.5) is 0 Å². The van der Waals surface area contributed by atoms with Crippen molar-refractivity contribution in [3.8, 4) is 5.75 Å². The van der Waals surface area contributed by atoms with Gasteiger partial charge in [0.25, 0.3) is 0 Å². The van der Waals surface area contributed by atoms with Crippen molar-refractivity contribution in [2.75, 3.05) is 33.4 Å². The van der Waals surface area contributed by atoms with Crippen LogP contribution < -0.4 is 4.74 Å². The predicted molar refractivity (Wildman–Crippen MR) is 83.9 cm³/mol. The van der Waals surface area contributed by atoms with Gasteiger partial charge in [0.2, 0.25) is 0 Å². The smallest absolute Gasteiger partial charge is 0.119 e. The van der Waals surface area contributed by atoms with Gasteiger partial charge < -0.3 is 9.47 Å². The van der Waals surface area contributed by atoms with Crippen molar-refractivity contribution in [2.24, 2.45) is 11.0 Å². The first-order valence-electron chi connectivity index (χ1n) is 7.78. The van der Waals surface area contributed by atoms with Crippen LogP contribution in [-0.4, -0.2) is 50.4 Å². The summed E-state index contributed by atoms with van der Waals surface area (Å²) in [5, 5.41) is 3.63. The van der Waals surface area contributed by atoms with Crippen LogP contribution in [0.15, 0.2) is 29.4 Å². The third kappa shape index (κ3) is 3.53. The molecular formula is C16H22N4O2. The van der Waals surface area contributed by atoms with E-state index in [0.29, 0.717) is 18.5 Å². The van der Waals surface area contributed by atoms with E-state index in [0.717, 1.165) is 31.9 Å². The zero-order valence-electron chi connectivity index (χ0n) is 12.9. The molecule has 22 heavy (non-hydrogen) atoms. The van der Waals surface area contributed by atoms with Crippen LogP contribution in [0.1, 0.15) is 12.0 Å². The van der Waals surface area contributed by atoms with Crippen molar-refractivity contribution in [2.45, 2.75) is 25.0 Å². The number of fused-ring (bicyclic) bond motifs is 1. The summed E-state index contributed by atoms with van der Waals surface area (Å²) in [6.07, 6.45) is 2.29. The third-order valence-electron chi connectivity index (χ3n) is 4.58. The SMILES string of the molecule is COc1cccc(C[C@H]2C[C@@H]3CO[C@@H](CN=[N+]=[N-])CN3C2)c1. The van der Waals surface area contributed by atoms with E-state index in [1.165, 1.54) is 12.0 Å². The van der Waals surface area contributed by atoms with Crippen molar-refractivity contribution in [1.82, 2.24) is 4.90 Å². The van der Waals surface area contributed by atoms with E-state index in [9.17, 15) is 0 Å². The zero-order valence-corrected chi connectivity index (χ0v) is 12.9. The topological polar surface area (TPSA) is 70.5 Å². The maximum absolute atomic E-state index is 8.41. The average Bonchev–Trinajstić information content (AvgIpc) is 2.94. The average molecular weight is 302 g/mol. The predicted octanol–water partition coefficient (Wildman–Crippen LogP) is 2.64. The molecule has 3 atom stereocenters. The minimum absolute atomic E-state index is 0.0442. The summed E-state index contributed by atoms with van der Waals surface area (Å²) in [4.78, 5) is 5.31. The molecule has 2 aliphatic heterocycles. The molecule has 2 saturated heterocycles. The van der Waals surface area contributed by atoms with E-state index >= 15 is 0 Å². The van der Waals surface area contributed by atoms with Crippen molar-refractivity contribution < 1.29 is 9.47 Å². The van der Waals surface area contributed by atoms with Crippen molar-refractivity contribution in [3.05, 3.63) is 40.3 Å². The summed E-state index contributed by atoms with van der Waals surface area (Å²) >= 11 is 0. The monoisotopic (exact) mass is 302 g/mol. The van der Waals surface area contributed by atoms with Crippen molar-refractivity contribution in [1.29, 1.82) is 0 Å². The number of azide groups is 1. The Bertz CT molecular complexity index is 559. The summed E-state index contributed by atoms with van der Waals surface area (Å²) in [6.45, 7) is 3.15. The Labute approximate surface area is 130 Å². The highest BCUT2D eigenvalue weighted by Gasteiger charge is 2.36. The van der Waals surface area contributed by atoms with Crippen LogP contribution in [0.25, 0.3) is 10.4 Å². The molecule has 1 aromatic carbocycles. The Hall–Kier alpha value is -1.75.